The van der Waals surface area contributed by atoms with Gasteiger partial charge in [-0.15, -0.1) is 10.2 Å². The molecule has 16 heteroatoms. The number of aromatic hydroxyl groups is 1. The van der Waals surface area contributed by atoms with E-state index in [4.69, 9.17) is 5.73 Å². The number of phenolic OH excluding ortho intramolecular Hbond substituents is 1. The number of fused-ring (bicyclic) bond motifs is 1. The first-order chi connectivity index (χ1) is 14.6. The standard InChI is InChI=1S/C16H13N3O10S3/c17-15-14-8(5-9(7-11(14)20)30(21,22)23)6-13(32(27,28)29)16(15)19-18-10-3-1-2-4-12(10)31(24,25)26/h1-7,20H,17H2,(H,21,22,23)(H,24,25,26)(H,27,28,29)/b19-18+. The fourth-order valence-corrected chi connectivity index (χ4v) is 4.63. The number of benzene rings is 3. The molecule has 0 fully saturated rings. The van der Waals surface area contributed by atoms with E-state index in [0.29, 0.717) is 6.07 Å². The topological polar surface area (TPSA) is 234 Å². The second-order valence-corrected chi connectivity index (χ2v) is 10.5. The van der Waals surface area contributed by atoms with Gasteiger partial charge in [-0.3, -0.25) is 13.7 Å². The smallest absolute Gasteiger partial charge is 0.296 e. The van der Waals surface area contributed by atoms with Crippen molar-refractivity contribution in [3.05, 3.63) is 42.5 Å². The van der Waals surface area contributed by atoms with Crippen molar-refractivity contribution in [2.75, 3.05) is 5.73 Å². The molecule has 0 radical (unpaired) electrons. The highest BCUT2D eigenvalue weighted by molar-refractivity contribution is 7.86. The van der Waals surface area contributed by atoms with E-state index < -0.39 is 67.9 Å². The van der Waals surface area contributed by atoms with Gasteiger partial charge in [0.1, 0.15) is 26.9 Å². The second-order valence-electron chi connectivity index (χ2n) is 6.27. The van der Waals surface area contributed by atoms with E-state index in [9.17, 15) is 44.0 Å². The van der Waals surface area contributed by atoms with Crippen molar-refractivity contribution >= 4 is 58.2 Å². The minimum absolute atomic E-state index is 0.290. The largest absolute Gasteiger partial charge is 0.507 e. The monoisotopic (exact) mass is 503 g/mol. The third kappa shape index (κ3) is 4.54. The molecule has 0 aliphatic heterocycles. The first kappa shape index (κ1) is 23.5. The molecule has 0 aromatic heterocycles. The molecule has 3 aromatic rings. The molecule has 0 heterocycles. The fourth-order valence-electron chi connectivity index (χ4n) is 2.80. The molecule has 0 saturated carbocycles. The van der Waals surface area contributed by atoms with Crippen LogP contribution in [0, 0.1) is 0 Å². The number of hydrogen-bond acceptors (Lipinski definition) is 10. The summed E-state index contributed by atoms with van der Waals surface area (Å²) in [6.07, 6.45) is 0. The summed E-state index contributed by atoms with van der Waals surface area (Å²) in [7, 11) is -14.6. The first-order valence-corrected chi connectivity index (χ1v) is 12.4. The first-order valence-electron chi connectivity index (χ1n) is 8.13. The van der Waals surface area contributed by atoms with Crippen molar-refractivity contribution in [2.45, 2.75) is 14.7 Å². The highest BCUT2D eigenvalue weighted by Gasteiger charge is 2.24. The SMILES string of the molecule is Nc1c(/N=N/c2ccccc2S(=O)(=O)O)c(S(=O)(=O)O)cc2cc(S(=O)(=O)O)cc(O)c12. The summed E-state index contributed by atoms with van der Waals surface area (Å²) in [6, 6.07) is 6.92. The lowest BCUT2D eigenvalue weighted by atomic mass is 10.1. The Hall–Kier alpha value is -3.15. The maximum atomic E-state index is 11.9. The van der Waals surface area contributed by atoms with E-state index in [1.165, 1.54) is 12.1 Å². The molecule has 0 spiro atoms. The number of nitrogens with two attached hydrogens (primary N) is 1. The van der Waals surface area contributed by atoms with Gasteiger partial charge in [-0.2, -0.15) is 25.3 Å². The average molecular weight is 503 g/mol. The Kier molecular flexibility index (Phi) is 5.71. The van der Waals surface area contributed by atoms with Crippen LogP contribution >= 0.6 is 0 Å². The van der Waals surface area contributed by atoms with E-state index in [2.05, 4.69) is 10.2 Å². The van der Waals surface area contributed by atoms with Crippen LogP contribution in [0.3, 0.4) is 0 Å². The minimum atomic E-state index is -5.05. The van der Waals surface area contributed by atoms with Crippen LogP contribution < -0.4 is 5.73 Å². The van der Waals surface area contributed by atoms with Gasteiger partial charge in [0, 0.05) is 11.5 Å². The molecule has 0 unspecified atom stereocenters. The summed E-state index contributed by atoms with van der Waals surface area (Å²) in [6.45, 7) is 0. The lowest BCUT2D eigenvalue weighted by Crippen LogP contribution is -2.03. The second kappa shape index (κ2) is 7.76. The van der Waals surface area contributed by atoms with Crippen molar-refractivity contribution in [1.29, 1.82) is 0 Å². The highest BCUT2D eigenvalue weighted by Crippen LogP contribution is 2.43. The third-order valence-electron chi connectivity index (χ3n) is 4.14. The Morgan fingerprint density at radius 2 is 1.34 bits per heavy atom. The lowest BCUT2D eigenvalue weighted by molar-refractivity contribution is 0.471. The van der Waals surface area contributed by atoms with Gasteiger partial charge in [0.15, 0.2) is 0 Å². The van der Waals surface area contributed by atoms with Gasteiger partial charge in [-0.1, -0.05) is 12.1 Å². The molecule has 3 rings (SSSR count). The summed E-state index contributed by atoms with van der Waals surface area (Å²) in [5.74, 6) is -0.774. The highest BCUT2D eigenvalue weighted by atomic mass is 32.2. The number of nitrogen functional groups attached to an aromatic ring is 1. The van der Waals surface area contributed by atoms with Gasteiger partial charge in [0.05, 0.1) is 10.6 Å². The van der Waals surface area contributed by atoms with Crippen LogP contribution in [0.5, 0.6) is 5.75 Å². The van der Waals surface area contributed by atoms with E-state index >= 15 is 0 Å². The Labute approximate surface area is 181 Å². The lowest BCUT2D eigenvalue weighted by Gasteiger charge is -2.12. The number of anilines is 1. The van der Waals surface area contributed by atoms with Crippen LogP contribution in [0.2, 0.25) is 0 Å². The van der Waals surface area contributed by atoms with Gasteiger partial charge in [0.25, 0.3) is 30.4 Å². The molecular weight excluding hydrogens is 490 g/mol. The zero-order valence-electron chi connectivity index (χ0n) is 15.5. The van der Waals surface area contributed by atoms with Crippen LogP contribution in [0.4, 0.5) is 17.1 Å². The molecule has 3 aromatic carbocycles. The molecule has 170 valence electrons. The number of rotatable bonds is 5. The summed E-state index contributed by atoms with van der Waals surface area (Å²) >= 11 is 0. The Bertz CT molecular complexity index is 1610. The van der Waals surface area contributed by atoms with E-state index in [1.807, 2.05) is 0 Å². The molecule has 0 bridgehead atoms. The van der Waals surface area contributed by atoms with Crippen LogP contribution in [-0.4, -0.2) is 44.0 Å². The molecule has 0 amide bonds. The third-order valence-corrected chi connectivity index (χ3v) is 6.74. The van der Waals surface area contributed by atoms with Crippen molar-refractivity contribution in [3.8, 4) is 5.75 Å². The number of hydrogen-bond donors (Lipinski definition) is 5. The molecule has 0 aliphatic rings. The summed E-state index contributed by atoms with van der Waals surface area (Å²) in [5.41, 5.74) is 4.22. The Morgan fingerprint density at radius 1 is 0.750 bits per heavy atom. The van der Waals surface area contributed by atoms with Crippen LogP contribution in [-0.2, 0) is 30.4 Å². The number of phenols is 1. The van der Waals surface area contributed by atoms with Gasteiger partial charge in [0.2, 0.25) is 0 Å². The van der Waals surface area contributed by atoms with Crippen LogP contribution in [0.25, 0.3) is 10.8 Å². The maximum absolute atomic E-state index is 11.9. The zero-order valence-corrected chi connectivity index (χ0v) is 17.9. The molecule has 6 N–H and O–H groups in total. The van der Waals surface area contributed by atoms with E-state index in [-0.39, 0.29) is 10.8 Å². The fraction of sp³-hybridized carbons (Fsp3) is 0. The van der Waals surface area contributed by atoms with Gasteiger partial charge >= 0.3 is 0 Å². The molecule has 0 saturated heterocycles. The Balaban J connectivity index is 2.37. The normalized spacial score (nSPS) is 13.1. The number of nitrogens with zero attached hydrogens (tertiary/aromatic N) is 2. The van der Waals surface area contributed by atoms with Crippen molar-refractivity contribution in [3.63, 3.8) is 0 Å². The van der Waals surface area contributed by atoms with Crippen LogP contribution in [0.1, 0.15) is 0 Å². The van der Waals surface area contributed by atoms with E-state index in [0.717, 1.165) is 24.3 Å². The predicted molar refractivity (Wildman–Crippen MR) is 110 cm³/mol. The van der Waals surface area contributed by atoms with Crippen molar-refractivity contribution in [2.24, 2.45) is 10.2 Å². The Morgan fingerprint density at radius 3 is 1.91 bits per heavy atom. The predicted octanol–water partition coefficient (Wildman–Crippen LogP) is 2.28. The van der Waals surface area contributed by atoms with Crippen LogP contribution in [0.15, 0.2) is 67.4 Å². The molecular formula is C16H13N3O10S3. The van der Waals surface area contributed by atoms with Crippen molar-refractivity contribution in [1.82, 2.24) is 0 Å². The zero-order chi connectivity index (χ0) is 24.1. The minimum Gasteiger partial charge on any atom is -0.507 e. The maximum Gasteiger partial charge on any atom is 0.296 e. The van der Waals surface area contributed by atoms with Gasteiger partial charge in [-0.05, 0) is 29.7 Å². The summed E-state index contributed by atoms with van der Waals surface area (Å²) in [5, 5.41) is 16.8. The molecule has 0 atom stereocenters. The summed E-state index contributed by atoms with van der Waals surface area (Å²) < 4.78 is 97.5. The van der Waals surface area contributed by atoms with Crippen molar-refractivity contribution < 1.29 is 44.0 Å². The quantitative estimate of drug-likeness (QED) is 0.192. The average Bonchev–Trinajstić information content (AvgIpc) is 2.64. The van der Waals surface area contributed by atoms with Gasteiger partial charge < -0.3 is 10.8 Å². The molecule has 0 aliphatic carbocycles. The molecule has 32 heavy (non-hydrogen) atoms. The summed E-state index contributed by atoms with van der Waals surface area (Å²) in [4.78, 5) is -2.39. The van der Waals surface area contributed by atoms with Gasteiger partial charge in [-0.25, -0.2) is 0 Å². The number of azo groups is 1. The molecule has 13 nitrogen and oxygen atoms in total. The van der Waals surface area contributed by atoms with E-state index in [1.54, 1.807) is 0 Å².